The van der Waals surface area contributed by atoms with E-state index in [1.165, 1.54) is 6.92 Å². The fourth-order valence-corrected chi connectivity index (χ4v) is 2.19. The molecule has 8 heteroatoms. The Labute approximate surface area is 103 Å². The second kappa shape index (κ2) is 4.46. The average Bonchev–Trinajstić information content (AvgIpc) is 2.06. The van der Waals surface area contributed by atoms with Crippen LogP contribution in [0.15, 0.2) is 11.1 Å². The predicted octanol–water partition coefficient (Wildman–Crippen LogP) is 2.86. The quantitative estimate of drug-likeness (QED) is 0.596. The number of rotatable bonds is 2. The van der Waals surface area contributed by atoms with Gasteiger partial charge in [0.15, 0.2) is 5.03 Å². The van der Waals surface area contributed by atoms with Gasteiger partial charge in [0.2, 0.25) is 0 Å². The molecule has 0 saturated carbocycles. The number of hydrogen-bond acceptors (Lipinski definition) is 3. The predicted molar refractivity (Wildman–Crippen MR) is 59.7 cm³/mol. The van der Waals surface area contributed by atoms with Crippen LogP contribution >= 0.6 is 33.3 Å². The van der Waals surface area contributed by atoms with E-state index in [0.717, 1.165) is 6.07 Å². The van der Waals surface area contributed by atoms with Crippen molar-refractivity contribution in [2.24, 2.45) is 0 Å². The van der Waals surface area contributed by atoms with Gasteiger partial charge in [0, 0.05) is 14.3 Å². The lowest BCUT2D eigenvalue weighted by Crippen LogP contribution is -2.04. The van der Waals surface area contributed by atoms with E-state index in [4.69, 9.17) is 10.7 Å². The first-order chi connectivity index (χ1) is 6.73. The maximum atomic E-state index is 12.5. The molecule has 0 bridgehead atoms. The normalized spacial score (nSPS) is 12.1. The molecule has 0 atom stereocenters. The standard InChI is InChI=1S/C7H5ClF2INO2S/c1-3-2-4(15(8,13)14)12-6(5(3)11)7(9)10/h2,7H,1H3. The number of nitrogens with zero attached hydrogens (tertiary/aromatic N) is 1. The summed E-state index contributed by atoms with van der Waals surface area (Å²) in [5.41, 5.74) is -0.157. The fraction of sp³-hybridized carbons (Fsp3) is 0.286. The Bertz CT molecular complexity index is 492. The van der Waals surface area contributed by atoms with Crippen molar-refractivity contribution in [3.8, 4) is 0 Å². The van der Waals surface area contributed by atoms with E-state index in [9.17, 15) is 17.2 Å². The molecule has 0 spiro atoms. The minimum absolute atomic E-state index is 0.242. The van der Waals surface area contributed by atoms with Crippen LogP contribution in [0.2, 0.25) is 0 Å². The number of halogens is 4. The van der Waals surface area contributed by atoms with Crippen LogP contribution in [-0.2, 0) is 9.05 Å². The first-order valence-corrected chi connectivity index (χ1v) is 7.02. The summed E-state index contributed by atoms with van der Waals surface area (Å²) in [6.07, 6.45) is -2.83. The van der Waals surface area contributed by atoms with Gasteiger partial charge in [-0.1, -0.05) is 0 Å². The van der Waals surface area contributed by atoms with Gasteiger partial charge in [-0.2, -0.15) is 0 Å². The molecular weight excluding hydrogens is 363 g/mol. The molecule has 15 heavy (non-hydrogen) atoms. The summed E-state index contributed by atoms with van der Waals surface area (Å²) in [6.45, 7) is 1.51. The van der Waals surface area contributed by atoms with Gasteiger partial charge in [-0.3, -0.25) is 0 Å². The minimum Gasteiger partial charge on any atom is -0.233 e. The minimum atomic E-state index is -4.07. The molecule has 0 unspecified atom stereocenters. The molecule has 1 aromatic heterocycles. The van der Waals surface area contributed by atoms with Gasteiger partial charge >= 0.3 is 0 Å². The first kappa shape index (κ1) is 13.0. The van der Waals surface area contributed by atoms with Crippen molar-refractivity contribution in [3.05, 3.63) is 20.9 Å². The van der Waals surface area contributed by atoms with Gasteiger partial charge in [-0.25, -0.2) is 22.2 Å². The Balaban J connectivity index is 3.50. The van der Waals surface area contributed by atoms with Crippen LogP contribution in [0.25, 0.3) is 0 Å². The number of pyridine rings is 1. The van der Waals surface area contributed by atoms with Crippen molar-refractivity contribution in [2.45, 2.75) is 18.4 Å². The third-order valence-corrected chi connectivity index (χ3v) is 4.18. The van der Waals surface area contributed by atoms with E-state index >= 15 is 0 Å². The Kier molecular flexibility index (Phi) is 3.88. The fourth-order valence-electron chi connectivity index (χ4n) is 0.920. The van der Waals surface area contributed by atoms with Gasteiger partial charge in [0.25, 0.3) is 15.5 Å². The lowest BCUT2D eigenvalue weighted by Gasteiger charge is -2.07. The number of alkyl halides is 2. The SMILES string of the molecule is Cc1cc(S(=O)(=O)Cl)nc(C(F)F)c1I. The molecule has 0 amide bonds. The van der Waals surface area contributed by atoms with Crippen molar-refractivity contribution in [1.82, 2.24) is 4.98 Å². The first-order valence-electron chi connectivity index (χ1n) is 3.63. The molecule has 1 heterocycles. The van der Waals surface area contributed by atoms with E-state index < -0.39 is 26.2 Å². The molecule has 0 N–H and O–H groups in total. The zero-order valence-electron chi connectivity index (χ0n) is 7.34. The van der Waals surface area contributed by atoms with Crippen molar-refractivity contribution >= 4 is 42.3 Å². The van der Waals surface area contributed by atoms with Crippen LogP contribution in [-0.4, -0.2) is 13.4 Å². The van der Waals surface area contributed by atoms with Crippen LogP contribution in [0, 0.1) is 10.5 Å². The van der Waals surface area contributed by atoms with Crippen LogP contribution in [0.4, 0.5) is 8.78 Å². The third kappa shape index (κ3) is 2.97. The number of aryl methyl sites for hydroxylation is 1. The topological polar surface area (TPSA) is 47.0 Å². The Morgan fingerprint density at radius 1 is 1.53 bits per heavy atom. The van der Waals surface area contributed by atoms with E-state index in [-0.39, 0.29) is 3.57 Å². The second-order valence-electron chi connectivity index (χ2n) is 2.72. The lowest BCUT2D eigenvalue weighted by molar-refractivity contribution is 0.144. The highest BCUT2D eigenvalue weighted by atomic mass is 127. The summed E-state index contributed by atoms with van der Waals surface area (Å²) >= 11 is 1.68. The molecular formula is C7H5ClF2INO2S. The molecule has 0 fully saturated rings. The summed E-state index contributed by atoms with van der Waals surface area (Å²) < 4.78 is 47.0. The Morgan fingerprint density at radius 3 is 2.47 bits per heavy atom. The van der Waals surface area contributed by atoms with E-state index in [1.54, 1.807) is 22.6 Å². The average molecular weight is 368 g/mol. The van der Waals surface area contributed by atoms with Crippen LogP contribution in [0.5, 0.6) is 0 Å². The molecule has 0 aliphatic heterocycles. The summed E-state index contributed by atoms with van der Waals surface area (Å²) in [5.74, 6) is 0. The smallest absolute Gasteiger partial charge is 0.233 e. The van der Waals surface area contributed by atoms with Gasteiger partial charge in [-0.15, -0.1) is 0 Å². The summed E-state index contributed by atoms with van der Waals surface area (Å²) in [7, 11) is 0.948. The number of hydrogen-bond donors (Lipinski definition) is 0. The lowest BCUT2D eigenvalue weighted by atomic mass is 10.2. The molecule has 0 saturated heterocycles. The highest BCUT2D eigenvalue weighted by molar-refractivity contribution is 14.1. The summed E-state index contributed by atoms with van der Waals surface area (Å²) in [6, 6.07) is 1.16. The highest BCUT2D eigenvalue weighted by Crippen LogP contribution is 2.27. The third-order valence-electron chi connectivity index (χ3n) is 1.60. The second-order valence-corrected chi connectivity index (χ2v) is 6.31. The molecule has 0 aliphatic carbocycles. The van der Waals surface area contributed by atoms with Gasteiger partial charge in [0.1, 0.15) is 5.69 Å². The van der Waals surface area contributed by atoms with Crippen molar-refractivity contribution in [2.75, 3.05) is 0 Å². The monoisotopic (exact) mass is 367 g/mol. The van der Waals surface area contributed by atoms with Gasteiger partial charge < -0.3 is 0 Å². The van der Waals surface area contributed by atoms with E-state index in [1.807, 2.05) is 0 Å². The van der Waals surface area contributed by atoms with Crippen LogP contribution in [0.1, 0.15) is 17.7 Å². The molecule has 84 valence electrons. The summed E-state index contributed by atoms with van der Waals surface area (Å²) in [4.78, 5) is 3.33. The molecule has 0 aromatic carbocycles. The van der Waals surface area contributed by atoms with E-state index in [0.29, 0.717) is 5.56 Å². The Morgan fingerprint density at radius 2 is 2.07 bits per heavy atom. The maximum Gasteiger partial charge on any atom is 0.281 e. The van der Waals surface area contributed by atoms with Crippen molar-refractivity contribution < 1.29 is 17.2 Å². The largest absolute Gasteiger partial charge is 0.281 e. The maximum absolute atomic E-state index is 12.5. The molecule has 1 rings (SSSR count). The van der Waals surface area contributed by atoms with Gasteiger partial charge in [0.05, 0.1) is 0 Å². The molecule has 0 radical (unpaired) electrons. The number of aromatic nitrogens is 1. The zero-order chi connectivity index (χ0) is 11.8. The van der Waals surface area contributed by atoms with Crippen LogP contribution in [0.3, 0.4) is 0 Å². The van der Waals surface area contributed by atoms with Crippen LogP contribution < -0.4 is 0 Å². The molecule has 1 aromatic rings. The highest BCUT2D eigenvalue weighted by Gasteiger charge is 2.21. The van der Waals surface area contributed by atoms with Gasteiger partial charge in [-0.05, 0) is 41.1 Å². The van der Waals surface area contributed by atoms with Crippen molar-refractivity contribution in [1.29, 1.82) is 0 Å². The molecule has 3 nitrogen and oxygen atoms in total. The molecule has 0 aliphatic rings. The summed E-state index contributed by atoms with van der Waals surface area (Å²) in [5, 5.41) is -0.544. The van der Waals surface area contributed by atoms with E-state index in [2.05, 4.69) is 4.98 Å². The van der Waals surface area contributed by atoms with Crippen molar-refractivity contribution in [3.63, 3.8) is 0 Å². The zero-order valence-corrected chi connectivity index (χ0v) is 11.1. The Hall–Kier alpha value is -0.0200.